The van der Waals surface area contributed by atoms with Crippen molar-refractivity contribution in [1.29, 1.82) is 0 Å². The zero-order chi connectivity index (χ0) is 13.4. The van der Waals surface area contributed by atoms with E-state index in [2.05, 4.69) is 0 Å². The third-order valence-corrected chi connectivity index (χ3v) is 3.40. The molecule has 2 rings (SSSR count). The summed E-state index contributed by atoms with van der Waals surface area (Å²) in [6.45, 7) is -0.145. The van der Waals surface area contributed by atoms with Crippen molar-refractivity contribution in [3.05, 3.63) is 35.4 Å². The second kappa shape index (κ2) is 4.53. The van der Waals surface area contributed by atoms with Crippen LogP contribution in [-0.4, -0.2) is 12.2 Å². The topological polar surface area (TPSA) is 26.0 Å². The van der Waals surface area contributed by atoms with E-state index in [0.29, 0.717) is 5.56 Å². The van der Waals surface area contributed by atoms with Crippen LogP contribution in [0.2, 0.25) is 0 Å². The molecule has 0 radical (unpaired) electrons. The zero-order valence-corrected chi connectivity index (χ0v) is 9.80. The maximum absolute atomic E-state index is 14.4. The van der Waals surface area contributed by atoms with Crippen LogP contribution < -0.4 is 5.73 Å². The zero-order valence-electron chi connectivity index (χ0n) is 9.80. The number of benzene rings is 1. The maximum atomic E-state index is 14.4. The van der Waals surface area contributed by atoms with E-state index in [-0.39, 0.29) is 18.9 Å². The van der Waals surface area contributed by atoms with Crippen LogP contribution in [0.25, 0.3) is 0 Å². The summed E-state index contributed by atoms with van der Waals surface area (Å²) >= 11 is 0. The predicted octanol–water partition coefficient (Wildman–Crippen LogP) is 3.32. The first kappa shape index (κ1) is 13.3. The molecule has 1 aromatic rings. The second-order valence-corrected chi connectivity index (χ2v) is 4.89. The monoisotopic (exact) mass is 261 g/mol. The van der Waals surface area contributed by atoms with Gasteiger partial charge in [0.25, 0.3) is 0 Å². The predicted molar refractivity (Wildman–Crippen MR) is 60.8 cm³/mol. The van der Waals surface area contributed by atoms with Gasteiger partial charge in [0, 0.05) is 13.0 Å². The molecular weight excluding hydrogens is 246 g/mol. The van der Waals surface area contributed by atoms with E-state index in [1.807, 2.05) is 0 Å². The molecule has 1 unspecified atom stereocenters. The number of nitrogens with two attached hydrogens (primary N) is 1. The van der Waals surface area contributed by atoms with Crippen LogP contribution in [-0.2, 0) is 12.6 Å². The lowest BCUT2D eigenvalue weighted by Gasteiger charge is -2.23. The van der Waals surface area contributed by atoms with E-state index in [9.17, 15) is 17.6 Å². The fourth-order valence-electron chi connectivity index (χ4n) is 2.18. The lowest BCUT2D eigenvalue weighted by molar-refractivity contribution is -0.137. The van der Waals surface area contributed by atoms with E-state index >= 15 is 0 Å². The van der Waals surface area contributed by atoms with Crippen molar-refractivity contribution in [2.45, 2.75) is 31.1 Å². The molecule has 18 heavy (non-hydrogen) atoms. The van der Waals surface area contributed by atoms with Crippen molar-refractivity contribution in [3.63, 3.8) is 0 Å². The SMILES string of the molecule is NCC(F)(Cc1cccc(C(F)(F)F)c1)C1CC1. The highest BCUT2D eigenvalue weighted by molar-refractivity contribution is 5.27. The van der Waals surface area contributed by atoms with Crippen LogP contribution in [0, 0.1) is 5.92 Å². The van der Waals surface area contributed by atoms with Gasteiger partial charge < -0.3 is 5.73 Å². The van der Waals surface area contributed by atoms with Gasteiger partial charge in [0.15, 0.2) is 0 Å². The standard InChI is InChI=1S/C13H15F4N/c14-12(8-18,10-4-5-10)7-9-2-1-3-11(6-9)13(15,16)17/h1-3,6,10H,4-5,7-8,18H2. The summed E-state index contributed by atoms with van der Waals surface area (Å²) in [6.07, 6.45) is -2.89. The third kappa shape index (κ3) is 2.83. The molecule has 1 atom stereocenters. The molecule has 1 aromatic carbocycles. The molecule has 1 saturated carbocycles. The van der Waals surface area contributed by atoms with E-state index in [0.717, 1.165) is 25.0 Å². The third-order valence-electron chi connectivity index (χ3n) is 3.40. The van der Waals surface area contributed by atoms with Crippen molar-refractivity contribution < 1.29 is 17.6 Å². The summed E-state index contributed by atoms with van der Waals surface area (Å²) in [7, 11) is 0. The fraction of sp³-hybridized carbons (Fsp3) is 0.538. The molecule has 100 valence electrons. The van der Waals surface area contributed by atoms with Crippen LogP contribution >= 0.6 is 0 Å². The number of rotatable bonds is 4. The Morgan fingerprint density at radius 2 is 1.83 bits per heavy atom. The fourth-order valence-corrected chi connectivity index (χ4v) is 2.18. The van der Waals surface area contributed by atoms with Gasteiger partial charge in [-0.15, -0.1) is 0 Å². The van der Waals surface area contributed by atoms with Crippen LogP contribution in [0.3, 0.4) is 0 Å². The molecule has 1 aliphatic rings. The Morgan fingerprint density at radius 3 is 2.33 bits per heavy atom. The van der Waals surface area contributed by atoms with Gasteiger partial charge in [-0.05, 0) is 30.4 Å². The average Bonchev–Trinajstić information content (AvgIpc) is 3.12. The molecule has 0 bridgehead atoms. The summed E-state index contributed by atoms with van der Waals surface area (Å²) < 4.78 is 52.0. The molecule has 1 aliphatic carbocycles. The van der Waals surface area contributed by atoms with Crippen molar-refractivity contribution in [1.82, 2.24) is 0 Å². The summed E-state index contributed by atoms with van der Waals surface area (Å²) in [5.74, 6) is -0.1000. The Morgan fingerprint density at radius 1 is 1.17 bits per heavy atom. The van der Waals surface area contributed by atoms with Crippen LogP contribution in [0.15, 0.2) is 24.3 Å². The number of halogens is 4. The highest BCUT2D eigenvalue weighted by Crippen LogP contribution is 2.43. The summed E-state index contributed by atoms with van der Waals surface area (Å²) in [5, 5.41) is 0. The first-order valence-corrected chi connectivity index (χ1v) is 5.90. The van der Waals surface area contributed by atoms with Crippen LogP contribution in [0.1, 0.15) is 24.0 Å². The van der Waals surface area contributed by atoms with E-state index in [1.54, 1.807) is 0 Å². The average molecular weight is 261 g/mol. The second-order valence-electron chi connectivity index (χ2n) is 4.89. The van der Waals surface area contributed by atoms with Gasteiger partial charge >= 0.3 is 6.18 Å². The molecule has 0 aliphatic heterocycles. The number of hydrogen-bond acceptors (Lipinski definition) is 1. The molecule has 0 heterocycles. The van der Waals surface area contributed by atoms with Crippen molar-refractivity contribution >= 4 is 0 Å². The van der Waals surface area contributed by atoms with Gasteiger partial charge in [-0.3, -0.25) is 0 Å². The Hall–Kier alpha value is -1.10. The lowest BCUT2D eigenvalue weighted by atomic mass is 9.91. The Kier molecular flexibility index (Phi) is 3.36. The van der Waals surface area contributed by atoms with E-state index in [1.165, 1.54) is 12.1 Å². The van der Waals surface area contributed by atoms with E-state index in [4.69, 9.17) is 5.73 Å². The van der Waals surface area contributed by atoms with Gasteiger partial charge in [0.05, 0.1) is 5.56 Å². The van der Waals surface area contributed by atoms with Crippen LogP contribution in [0.5, 0.6) is 0 Å². The molecule has 1 nitrogen and oxygen atoms in total. The first-order chi connectivity index (χ1) is 8.35. The molecule has 0 amide bonds. The molecule has 0 spiro atoms. The number of alkyl halides is 4. The normalized spacial score (nSPS) is 19.6. The van der Waals surface area contributed by atoms with Gasteiger partial charge in [-0.2, -0.15) is 13.2 Å². The van der Waals surface area contributed by atoms with Gasteiger partial charge in [0.1, 0.15) is 5.67 Å². The van der Waals surface area contributed by atoms with Crippen molar-refractivity contribution in [2.75, 3.05) is 6.54 Å². The van der Waals surface area contributed by atoms with Gasteiger partial charge in [-0.25, -0.2) is 4.39 Å². The van der Waals surface area contributed by atoms with E-state index < -0.39 is 17.4 Å². The Labute approximate surface area is 103 Å². The molecule has 2 N–H and O–H groups in total. The van der Waals surface area contributed by atoms with Gasteiger partial charge in [0.2, 0.25) is 0 Å². The highest BCUT2D eigenvalue weighted by atomic mass is 19.4. The minimum absolute atomic E-state index is 0.0436. The van der Waals surface area contributed by atoms with Gasteiger partial charge in [-0.1, -0.05) is 18.2 Å². The first-order valence-electron chi connectivity index (χ1n) is 5.90. The minimum Gasteiger partial charge on any atom is -0.328 e. The highest BCUT2D eigenvalue weighted by Gasteiger charge is 2.45. The molecule has 1 fully saturated rings. The molecule has 0 aromatic heterocycles. The Balaban J connectivity index is 2.19. The summed E-state index contributed by atoms with van der Waals surface area (Å²) in [6, 6.07) is 4.82. The maximum Gasteiger partial charge on any atom is 0.416 e. The molecule has 5 heteroatoms. The smallest absolute Gasteiger partial charge is 0.328 e. The van der Waals surface area contributed by atoms with Crippen molar-refractivity contribution in [2.24, 2.45) is 11.7 Å². The van der Waals surface area contributed by atoms with Crippen molar-refractivity contribution in [3.8, 4) is 0 Å². The molecule has 0 saturated heterocycles. The quantitative estimate of drug-likeness (QED) is 0.827. The number of hydrogen-bond donors (Lipinski definition) is 1. The molecular formula is C13H15F4N. The lowest BCUT2D eigenvalue weighted by Crippen LogP contribution is -2.37. The summed E-state index contributed by atoms with van der Waals surface area (Å²) in [4.78, 5) is 0. The summed E-state index contributed by atoms with van der Waals surface area (Å²) in [5.41, 5.74) is 3.47. The Bertz CT molecular complexity index is 425. The minimum atomic E-state index is -4.39. The largest absolute Gasteiger partial charge is 0.416 e. The van der Waals surface area contributed by atoms with Crippen LogP contribution in [0.4, 0.5) is 17.6 Å².